The molecule has 0 aliphatic carbocycles. The minimum Gasteiger partial charge on any atom is -0.258 e. The molecule has 2 heterocycles. The summed E-state index contributed by atoms with van der Waals surface area (Å²) in [6.07, 6.45) is 0.942. The lowest BCUT2D eigenvalue weighted by Gasteiger charge is -2.03. The topological polar surface area (TPSA) is 68.9 Å². The molecule has 7 heteroatoms. The third kappa shape index (κ3) is 2.59. The zero-order chi connectivity index (χ0) is 15.0. The maximum absolute atomic E-state index is 10.9. The first-order valence-corrected chi connectivity index (χ1v) is 7.48. The van der Waals surface area contributed by atoms with Gasteiger partial charge in [0, 0.05) is 22.4 Å². The van der Waals surface area contributed by atoms with E-state index in [9.17, 15) is 10.1 Å². The first-order valence-electron chi connectivity index (χ1n) is 6.29. The molecular weight excluding hydrogens is 310 g/mol. The molecule has 3 rings (SSSR count). The number of nitro benzene ring substituents is 1. The summed E-state index contributed by atoms with van der Waals surface area (Å²) in [5.74, 6) is 0.498. The van der Waals surface area contributed by atoms with Crippen LogP contribution in [0.1, 0.15) is 11.8 Å². The van der Waals surface area contributed by atoms with Crippen LogP contribution in [0.15, 0.2) is 30.3 Å². The van der Waals surface area contributed by atoms with E-state index in [0.29, 0.717) is 21.9 Å². The number of aromatic nitrogens is 2. The second-order valence-electron chi connectivity index (χ2n) is 4.42. The summed E-state index contributed by atoms with van der Waals surface area (Å²) in [6, 6.07) is 8.36. The van der Waals surface area contributed by atoms with Crippen LogP contribution in [-0.2, 0) is 6.42 Å². The number of fused-ring (bicyclic) bond motifs is 1. The van der Waals surface area contributed by atoms with Crippen molar-refractivity contribution in [1.29, 1.82) is 0 Å². The molecule has 21 heavy (non-hydrogen) atoms. The Hall–Kier alpha value is -2.05. The molecule has 0 saturated carbocycles. The number of hydrogen-bond donors (Lipinski definition) is 0. The Morgan fingerprint density at radius 2 is 2.10 bits per heavy atom. The minimum absolute atomic E-state index is 0.0105. The van der Waals surface area contributed by atoms with Gasteiger partial charge in [-0.1, -0.05) is 18.5 Å². The zero-order valence-corrected chi connectivity index (χ0v) is 12.6. The van der Waals surface area contributed by atoms with Crippen LogP contribution >= 0.6 is 22.9 Å². The number of benzene rings is 1. The highest BCUT2D eigenvalue weighted by atomic mass is 35.5. The number of nitro groups is 1. The number of nitrogens with zero attached hydrogens (tertiary/aromatic N) is 3. The van der Waals surface area contributed by atoms with Gasteiger partial charge in [0.25, 0.3) is 5.69 Å². The molecule has 0 aliphatic heterocycles. The van der Waals surface area contributed by atoms with Gasteiger partial charge in [0.1, 0.15) is 5.15 Å². The molecule has 106 valence electrons. The highest BCUT2D eigenvalue weighted by molar-refractivity contribution is 7.15. The van der Waals surface area contributed by atoms with Gasteiger partial charge in [-0.05, 0) is 24.6 Å². The third-order valence-electron chi connectivity index (χ3n) is 3.08. The van der Waals surface area contributed by atoms with Crippen molar-refractivity contribution in [2.75, 3.05) is 0 Å². The van der Waals surface area contributed by atoms with Gasteiger partial charge in [-0.25, -0.2) is 9.97 Å². The van der Waals surface area contributed by atoms with Crippen LogP contribution in [0.5, 0.6) is 0 Å². The molecule has 0 unspecified atom stereocenters. The fraction of sp³-hybridized carbons (Fsp3) is 0.143. The van der Waals surface area contributed by atoms with Crippen LogP contribution in [0.2, 0.25) is 5.15 Å². The van der Waals surface area contributed by atoms with Gasteiger partial charge in [-0.15, -0.1) is 11.3 Å². The van der Waals surface area contributed by atoms with E-state index >= 15 is 0 Å². The summed E-state index contributed by atoms with van der Waals surface area (Å²) in [4.78, 5) is 21.2. The number of hydrogen-bond acceptors (Lipinski definition) is 5. The molecule has 1 aromatic carbocycles. The van der Waals surface area contributed by atoms with E-state index < -0.39 is 4.92 Å². The van der Waals surface area contributed by atoms with E-state index in [-0.39, 0.29) is 5.69 Å². The Balaban J connectivity index is 2.18. The van der Waals surface area contributed by atoms with Crippen molar-refractivity contribution >= 4 is 39.5 Å². The van der Waals surface area contributed by atoms with Crippen molar-refractivity contribution in [3.63, 3.8) is 0 Å². The summed E-state index contributed by atoms with van der Waals surface area (Å²) in [5, 5.41) is 11.8. The largest absolute Gasteiger partial charge is 0.271 e. The summed E-state index contributed by atoms with van der Waals surface area (Å²) in [5.41, 5.74) is 0.467. The summed E-state index contributed by atoms with van der Waals surface area (Å²) >= 11 is 7.76. The molecule has 0 N–H and O–H groups in total. The molecule has 0 fully saturated rings. The van der Waals surface area contributed by atoms with Gasteiger partial charge < -0.3 is 0 Å². The van der Waals surface area contributed by atoms with E-state index in [1.54, 1.807) is 17.4 Å². The van der Waals surface area contributed by atoms with Gasteiger partial charge in [-0.2, -0.15) is 0 Å². The average Bonchev–Trinajstić information content (AvgIpc) is 2.95. The number of thiophene rings is 1. The lowest BCUT2D eigenvalue weighted by Crippen LogP contribution is -1.93. The van der Waals surface area contributed by atoms with Crippen molar-refractivity contribution in [2.24, 2.45) is 0 Å². The number of non-ortho nitro benzene ring substituents is 1. The monoisotopic (exact) mass is 319 g/mol. The molecule has 0 radical (unpaired) electrons. The summed E-state index contributed by atoms with van der Waals surface area (Å²) < 4.78 is 0. The van der Waals surface area contributed by atoms with Crippen molar-refractivity contribution in [3.05, 3.63) is 50.5 Å². The maximum atomic E-state index is 10.9. The molecule has 0 amide bonds. The Morgan fingerprint density at radius 3 is 2.76 bits per heavy atom. The van der Waals surface area contributed by atoms with Crippen LogP contribution in [0, 0.1) is 10.1 Å². The number of rotatable bonds is 3. The SMILES string of the molecule is CCc1ccc(-c2nc(Cl)c3ccc([N+](=O)[O-])cc3n2)s1. The Morgan fingerprint density at radius 1 is 1.29 bits per heavy atom. The van der Waals surface area contributed by atoms with Crippen molar-refractivity contribution in [1.82, 2.24) is 9.97 Å². The van der Waals surface area contributed by atoms with Gasteiger partial charge in [0.05, 0.1) is 15.3 Å². The quantitative estimate of drug-likeness (QED) is 0.405. The Bertz CT molecular complexity index is 847. The molecule has 0 spiro atoms. The predicted molar refractivity (Wildman–Crippen MR) is 83.9 cm³/mol. The lowest BCUT2D eigenvalue weighted by atomic mass is 10.2. The molecule has 0 bridgehead atoms. The van der Waals surface area contributed by atoms with Crippen LogP contribution < -0.4 is 0 Å². The van der Waals surface area contributed by atoms with E-state index in [2.05, 4.69) is 16.9 Å². The Labute approximate surface area is 129 Å². The van der Waals surface area contributed by atoms with E-state index in [1.165, 1.54) is 17.0 Å². The second kappa shape index (κ2) is 5.38. The van der Waals surface area contributed by atoms with E-state index in [0.717, 1.165) is 11.3 Å². The molecular formula is C14H10ClN3O2S. The Kier molecular flexibility index (Phi) is 3.57. The zero-order valence-electron chi connectivity index (χ0n) is 11.0. The minimum atomic E-state index is -0.449. The van der Waals surface area contributed by atoms with Crippen LogP contribution in [0.25, 0.3) is 21.6 Å². The molecule has 5 nitrogen and oxygen atoms in total. The first kappa shape index (κ1) is 13.9. The van der Waals surface area contributed by atoms with Crippen molar-refractivity contribution in [3.8, 4) is 10.7 Å². The van der Waals surface area contributed by atoms with E-state index in [4.69, 9.17) is 11.6 Å². The fourth-order valence-electron chi connectivity index (χ4n) is 1.99. The standard InChI is InChI=1S/C14H10ClN3O2S/c1-2-9-4-6-12(21-9)14-16-11-7-8(18(19)20)3-5-10(11)13(15)17-14/h3-7H,2H2,1H3. The average molecular weight is 320 g/mol. The van der Waals surface area contributed by atoms with Crippen molar-refractivity contribution in [2.45, 2.75) is 13.3 Å². The number of halogens is 1. The summed E-state index contributed by atoms with van der Waals surface area (Å²) in [6.45, 7) is 2.08. The van der Waals surface area contributed by atoms with Crippen LogP contribution in [-0.4, -0.2) is 14.9 Å². The summed E-state index contributed by atoms with van der Waals surface area (Å²) in [7, 11) is 0. The second-order valence-corrected chi connectivity index (χ2v) is 5.94. The first-order chi connectivity index (χ1) is 10.1. The number of aryl methyl sites for hydroxylation is 1. The maximum Gasteiger partial charge on any atom is 0.271 e. The predicted octanol–water partition coefficient (Wildman–Crippen LogP) is 4.48. The lowest BCUT2D eigenvalue weighted by molar-refractivity contribution is -0.384. The fourth-order valence-corrected chi connectivity index (χ4v) is 3.11. The molecule has 0 atom stereocenters. The smallest absolute Gasteiger partial charge is 0.258 e. The molecule has 0 saturated heterocycles. The molecule has 2 aromatic heterocycles. The van der Waals surface area contributed by atoms with Crippen LogP contribution in [0.4, 0.5) is 5.69 Å². The van der Waals surface area contributed by atoms with Gasteiger partial charge in [0.15, 0.2) is 5.82 Å². The molecule has 0 aliphatic rings. The van der Waals surface area contributed by atoms with Gasteiger partial charge in [0.2, 0.25) is 0 Å². The van der Waals surface area contributed by atoms with Crippen molar-refractivity contribution < 1.29 is 4.92 Å². The van der Waals surface area contributed by atoms with Gasteiger partial charge in [-0.3, -0.25) is 10.1 Å². The third-order valence-corrected chi connectivity index (χ3v) is 4.59. The highest BCUT2D eigenvalue weighted by Gasteiger charge is 2.13. The van der Waals surface area contributed by atoms with E-state index in [1.807, 2.05) is 12.1 Å². The highest BCUT2D eigenvalue weighted by Crippen LogP contribution is 2.30. The molecule has 3 aromatic rings. The van der Waals surface area contributed by atoms with Crippen LogP contribution in [0.3, 0.4) is 0 Å². The van der Waals surface area contributed by atoms with Gasteiger partial charge >= 0.3 is 0 Å². The normalized spacial score (nSPS) is 11.0.